The summed E-state index contributed by atoms with van der Waals surface area (Å²) in [6.45, 7) is 14.2. The molecule has 0 radical (unpaired) electrons. The van der Waals surface area contributed by atoms with E-state index in [-0.39, 0.29) is 11.5 Å². The van der Waals surface area contributed by atoms with Crippen molar-refractivity contribution in [1.29, 1.82) is 0 Å². The standard InChI is InChI=1S/C15H27N3O2/c1-7-16-12-10-13(20-9-8-19-11(2)3)18-14(17-12)15(4,5)6/h10-11H,7-9H2,1-6H3,(H,16,17,18). The summed E-state index contributed by atoms with van der Waals surface area (Å²) < 4.78 is 11.1. The van der Waals surface area contributed by atoms with Crippen LogP contribution in [0.15, 0.2) is 6.07 Å². The van der Waals surface area contributed by atoms with Crippen LogP contribution in [0.1, 0.15) is 47.4 Å². The Balaban J connectivity index is 2.76. The van der Waals surface area contributed by atoms with Gasteiger partial charge in [-0.15, -0.1) is 0 Å². The summed E-state index contributed by atoms with van der Waals surface area (Å²) in [6, 6.07) is 1.83. The highest BCUT2D eigenvalue weighted by Crippen LogP contribution is 2.23. The van der Waals surface area contributed by atoms with Crippen molar-refractivity contribution in [2.45, 2.75) is 53.1 Å². The van der Waals surface area contributed by atoms with Gasteiger partial charge in [0.2, 0.25) is 5.88 Å². The normalized spacial score (nSPS) is 11.8. The SMILES string of the molecule is CCNc1cc(OCCOC(C)C)nc(C(C)(C)C)n1. The first-order chi connectivity index (χ1) is 9.32. The minimum absolute atomic E-state index is 0.113. The maximum atomic E-state index is 5.66. The monoisotopic (exact) mass is 281 g/mol. The number of nitrogens with zero attached hydrogens (tertiary/aromatic N) is 2. The van der Waals surface area contributed by atoms with Crippen molar-refractivity contribution in [2.75, 3.05) is 25.1 Å². The lowest BCUT2D eigenvalue weighted by Gasteiger charge is -2.19. The van der Waals surface area contributed by atoms with Crippen molar-refractivity contribution in [3.63, 3.8) is 0 Å². The molecule has 1 heterocycles. The highest BCUT2D eigenvalue weighted by Gasteiger charge is 2.19. The first-order valence-corrected chi connectivity index (χ1v) is 7.20. The Morgan fingerprint density at radius 2 is 1.90 bits per heavy atom. The van der Waals surface area contributed by atoms with E-state index in [1.54, 1.807) is 0 Å². The molecular formula is C15H27N3O2. The van der Waals surface area contributed by atoms with E-state index in [2.05, 4.69) is 36.1 Å². The summed E-state index contributed by atoms with van der Waals surface area (Å²) >= 11 is 0. The van der Waals surface area contributed by atoms with Gasteiger partial charge >= 0.3 is 0 Å². The number of anilines is 1. The molecule has 0 aliphatic rings. The molecule has 0 amide bonds. The molecule has 20 heavy (non-hydrogen) atoms. The summed E-state index contributed by atoms with van der Waals surface area (Å²) in [4.78, 5) is 8.99. The average molecular weight is 281 g/mol. The fourth-order valence-corrected chi connectivity index (χ4v) is 1.54. The van der Waals surface area contributed by atoms with E-state index in [1.807, 2.05) is 26.8 Å². The van der Waals surface area contributed by atoms with Gasteiger partial charge in [-0.05, 0) is 20.8 Å². The molecule has 5 nitrogen and oxygen atoms in total. The second kappa shape index (κ2) is 7.43. The summed E-state index contributed by atoms with van der Waals surface area (Å²) in [5, 5.41) is 3.21. The molecular weight excluding hydrogens is 254 g/mol. The largest absolute Gasteiger partial charge is 0.475 e. The van der Waals surface area contributed by atoms with Crippen LogP contribution in [0.4, 0.5) is 5.82 Å². The molecule has 0 bridgehead atoms. The Kier molecular flexibility index (Phi) is 6.20. The molecule has 0 aliphatic carbocycles. The number of nitrogens with one attached hydrogen (secondary N) is 1. The Morgan fingerprint density at radius 1 is 1.20 bits per heavy atom. The topological polar surface area (TPSA) is 56.3 Å². The molecule has 1 aromatic heterocycles. The van der Waals surface area contributed by atoms with Gasteiger partial charge in [-0.1, -0.05) is 20.8 Å². The van der Waals surface area contributed by atoms with E-state index in [0.717, 1.165) is 18.2 Å². The van der Waals surface area contributed by atoms with Crippen LogP contribution in [0.25, 0.3) is 0 Å². The molecule has 0 spiro atoms. The fourth-order valence-electron chi connectivity index (χ4n) is 1.54. The predicted molar refractivity (Wildman–Crippen MR) is 81.5 cm³/mol. The van der Waals surface area contributed by atoms with Crippen LogP contribution >= 0.6 is 0 Å². The lowest BCUT2D eigenvalue weighted by molar-refractivity contribution is 0.0541. The smallest absolute Gasteiger partial charge is 0.218 e. The van der Waals surface area contributed by atoms with E-state index in [1.165, 1.54) is 0 Å². The molecule has 1 N–H and O–H groups in total. The van der Waals surface area contributed by atoms with Gasteiger partial charge in [-0.2, -0.15) is 4.98 Å². The number of ether oxygens (including phenoxy) is 2. The molecule has 0 aromatic carbocycles. The average Bonchev–Trinajstić information content (AvgIpc) is 2.33. The Bertz CT molecular complexity index is 414. The lowest BCUT2D eigenvalue weighted by atomic mass is 9.96. The number of hydrogen-bond donors (Lipinski definition) is 1. The Morgan fingerprint density at radius 3 is 2.45 bits per heavy atom. The van der Waals surface area contributed by atoms with Crippen molar-refractivity contribution in [1.82, 2.24) is 9.97 Å². The van der Waals surface area contributed by atoms with Crippen LogP contribution in [0, 0.1) is 0 Å². The predicted octanol–water partition coefficient (Wildman–Crippen LogP) is 3.01. The van der Waals surface area contributed by atoms with Crippen LogP contribution in [-0.2, 0) is 10.2 Å². The van der Waals surface area contributed by atoms with Crippen LogP contribution in [-0.4, -0.2) is 35.8 Å². The number of hydrogen-bond acceptors (Lipinski definition) is 5. The van der Waals surface area contributed by atoms with Gasteiger partial charge < -0.3 is 14.8 Å². The number of aromatic nitrogens is 2. The third-order valence-electron chi connectivity index (χ3n) is 2.52. The number of rotatable bonds is 7. The zero-order chi connectivity index (χ0) is 15.2. The van der Waals surface area contributed by atoms with Gasteiger partial charge in [-0.3, -0.25) is 0 Å². The summed E-state index contributed by atoms with van der Waals surface area (Å²) in [5.41, 5.74) is -0.113. The Labute approximate surface area is 122 Å². The van der Waals surface area contributed by atoms with Crippen molar-refractivity contribution < 1.29 is 9.47 Å². The molecule has 0 saturated carbocycles. The van der Waals surface area contributed by atoms with Crippen LogP contribution < -0.4 is 10.1 Å². The molecule has 0 unspecified atom stereocenters. The van der Waals surface area contributed by atoms with Gasteiger partial charge in [0.1, 0.15) is 18.2 Å². The maximum Gasteiger partial charge on any atom is 0.218 e. The molecule has 0 aliphatic heterocycles. The molecule has 1 rings (SSSR count). The van der Waals surface area contributed by atoms with Crippen LogP contribution in [0.3, 0.4) is 0 Å². The molecule has 5 heteroatoms. The maximum absolute atomic E-state index is 5.66. The third kappa shape index (κ3) is 5.74. The zero-order valence-electron chi connectivity index (χ0n) is 13.5. The third-order valence-corrected chi connectivity index (χ3v) is 2.52. The quantitative estimate of drug-likeness (QED) is 0.779. The van der Waals surface area contributed by atoms with Crippen molar-refractivity contribution >= 4 is 5.82 Å². The van der Waals surface area contributed by atoms with E-state index in [0.29, 0.717) is 19.1 Å². The summed E-state index contributed by atoms with van der Waals surface area (Å²) in [6.07, 6.45) is 0.214. The van der Waals surface area contributed by atoms with E-state index < -0.39 is 0 Å². The van der Waals surface area contributed by atoms with Crippen molar-refractivity contribution in [3.05, 3.63) is 11.9 Å². The van der Waals surface area contributed by atoms with Gasteiger partial charge in [0.05, 0.1) is 12.7 Å². The summed E-state index contributed by atoms with van der Waals surface area (Å²) in [5.74, 6) is 2.16. The molecule has 0 fully saturated rings. The van der Waals surface area contributed by atoms with Crippen molar-refractivity contribution in [2.24, 2.45) is 0 Å². The molecule has 0 atom stereocenters. The first-order valence-electron chi connectivity index (χ1n) is 7.20. The molecule has 0 saturated heterocycles. The molecule has 1 aromatic rings. The summed E-state index contributed by atoms with van der Waals surface area (Å²) in [7, 11) is 0. The van der Waals surface area contributed by atoms with E-state index in [4.69, 9.17) is 9.47 Å². The zero-order valence-corrected chi connectivity index (χ0v) is 13.5. The van der Waals surface area contributed by atoms with E-state index >= 15 is 0 Å². The minimum atomic E-state index is -0.113. The van der Waals surface area contributed by atoms with Gasteiger partial charge in [0, 0.05) is 18.0 Å². The molecule has 114 valence electrons. The van der Waals surface area contributed by atoms with E-state index in [9.17, 15) is 0 Å². The van der Waals surface area contributed by atoms with Gasteiger partial charge in [-0.25, -0.2) is 4.98 Å². The minimum Gasteiger partial charge on any atom is -0.475 e. The van der Waals surface area contributed by atoms with Gasteiger partial charge in [0.25, 0.3) is 0 Å². The lowest BCUT2D eigenvalue weighted by Crippen LogP contribution is -2.19. The Hall–Kier alpha value is -1.36. The van der Waals surface area contributed by atoms with Gasteiger partial charge in [0.15, 0.2) is 0 Å². The van der Waals surface area contributed by atoms with Crippen molar-refractivity contribution in [3.8, 4) is 5.88 Å². The van der Waals surface area contributed by atoms with Crippen LogP contribution in [0.5, 0.6) is 5.88 Å². The highest BCUT2D eigenvalue weighted by molar-refractivity contribution is 5.39. The second-order valence-electron chi connectivity index (χ2n) is 5.96. The second-order valence-corrected chi connectivity index (χ2v) is 5.96. The fraction of sp³-hybridized carbons (Fsp3) is 0.733. The first kappa shape index (κ1) is 16.7. The van der Waals surface area contributed by atoms with Crippen LogP contribution in [0.2, 0.25) is 0 Å². The highest BCUT2D eigenvalue weighted by atomic mass is 16.5.